The Morgan fingerprint density at radius 1 is 1.29 bits per heavy atom. The van der Waals surface area contributed by atoms with Crippen molar-refractivity contribution in [2.45, 2.75) is 19.3 Å². The number of hydrogen-bond donors (Lipinski definition) is 2. The van der Waals surface area contributed by atoms with Crippen molar-refractivity contribution in [2.75, 3.05) is 5.73 Å². The Hall–Kier alpha value is -1.77. The van der Waals surface area contributed by atoms with Gasteiger partial charge in [0.05, 0.1) is 0 Å². The van der Waals surface area contributed by atoms with Gasteiger partial charge in [-0.25, -0.2) is 4.39 Å². The summed E-state index contributed by atoms with van der Waals surface area (Å²) >= 11 is 0. The van der Waals surface area contributed by atoms with Gasteiger partial charge in [0.1, 0.15) is 11.6 Å². The average molecular weight is 231 g/mol. The van der Waals surface area contributed by atoms with Crippen LogP contribution < -0.4 is 5.73 Å². The Bertz CT molecular complexity index is 590. The van der Waals surface area contributed by atoms with E-state index < -0.39 is 0 Å². The molecule has 1 saturated carbocycles. The highest BCUT2D eigenvalue weighted by Crippen LogP contribution is 2.38. The number of nitrogens with two attached hydrogens (primary N) is 1. The molecule has 3 heteroatoms. The standard InChI is InChI=1S/C14H14FNO/c15-12-4-3-9-6-10(17)7-13(16)14(9)11(12)5-8-1-2-8/h3-4,6-8,17H,1-2,5,16H2. The van der Waals surface area contributed by atoms with Crippen molar-refractivity contribution in [1.82, 2.24) is 0 Å². The maximum absolute atomic E-state index is 13.9. The van der Waals surface area contributed by atoms with Crippen molar-refractivity contribution in [2.24, 2.45) is 5.92 Å². The van der Waals surface area contributed by atoms with Crippen LogP contribution in [0.2, 0.25) is 0 Å². The Kier molecular flexibility index (Phi) is 2.21. The second-order valence-corrected chi connectivity index (χ2v) is 4.81. The normalized spacial score (nSPS) is 15.4. The van der Waals surface area contributed by atoms with E-state index in [0.717, 1.165) is 17.2 Å². The van der Waals surface area contributed by atoms with Crippen LogP contribution in [0.25, 0.3) is 10.8 Å². The van der Waals surface area contributed by atoms with Crippen LogP contribution in [0.1, 0.15) is 18.4 Å². The van der Waals surface area contributed by atoms with Crippen molar-refractivity contribution in [3.05, 3.63) is 35.6 Å². The molecule has 1 fully saturated rings. The average Bonchev–Trinajstić information content (AvgIpc) is 3.06. The molecule has 0 saturated heterocycles. The SMILES string of the molecule is Nc1cc(O)cc2ccc(F)c(CC3CC3)c12. The predicted molar refractivity (Wildman–Crippen MR) is 66.4 cm³/mol. The quantitative estimate of drug-likeness (QED) is 0.779. The number of rotatable bonds is 2. The van der Waals surface area contributed by atoms with E-state index in [2.05, 4.69) is 0 Å². The lowest BCUT2D eigenvalue weighted by molar-refractivity contribution is 0.476. The van der Waals surface area contributed by atoms with Gasteiger partial charge < -0.3 is 10.8 Å². The molecule has 2 aromatic rings. The molecule has 88 valence electrons. The minimum absolute atomic E-state index is 0.124. The highest BCUT2D eigenvalue weighted by Gasteiger charge is 2.24. The fourth-order valence-electron chi connectivity index (χ4n) is 2.34. The van der Waals surface area contributed by atoms with Crippen molar-refractivity contribution in [3.63, 3.8) is 0 Å². The van der Waals surface area contributed by atoms with E-state index in [-0.39, 0.29) is 11.6 Å². The number of halogens is 1. The molecule has 1 aliphatic carbocycles. The second-order valence-electron chi connectivity index (χ2n) is 4.81. The molecule has 0 atom stereocenters. The van der Waals surface area contributed by atoms with Gasteiger partial charge in [-0.15, -0.1) is 0 Å². The van der Waals surface area contributed by atoms with Gasteiger partial charge in [0.25, 0.3) is 0 Å². The summed E-state index contributed by atoms with van der Waals surface area (Å²) in [5.74, 6) is 0.532. The number of phenolic OH excluding ortho intramolecular Hbond substituents is 1. The summed E-state index contributed by atoms with van der Waals surface area (Å²) in [5.41, 5.74) is 7.05. The number of aromatic hydroxyl groups is 1. The first kappa shape index (κ1) is 10.4. The fourth-order valence-corrected chi connectivity index (χ4v) is 2.34. The third kappa shape index (κ3) is 1.82. The molecule has 3 N–H and O–H groups in total. The largest absolute Gasteiger partial charge is 0.508 e. The molecular formula is C14H14FNO. The first-order chi connectivity index (χ1) is 8.15. The molecule has 2 aromatic carbocycles. The Morgan fingerprint density at radius 3 is 2.76 bits per heavy atom. The zero-order valence-electron chi connectivity index (χ0n) is 9.41. The van der Waals surface area contributed by atoms with Crippen LogP contribution in [0, 0.1) is 11.7 Å². The van der Waals surface area contributed by atoms with Gasteiger partial charge in [-0.3, -0.25) is 0 Å². The molecule has 0 aromatic heterocycles. The van der Waals surface area contributed by atoms with E-state index in [1.165, 1.54) is 25.0 Å². The number of nitrogen functional groups attached to an aromatic ring is 1. The first-order valence-electron chi connectivity index (χ1n) is 5.84. The molecule has 1 aliphatic rings. The molecule has 2 nitrogen and oxygen atoms in total. The van der Waals surface area contributed by atoms with E-state index in [4.69, 9.17) is 5.73 Å². The third-order valence-electron chi connectivity index (χ3n) is 3.37. The van der Waals surface area contributed by atoms with Crippen molar-refractivity contribution < 1.29 is 9.50 Å². The van der Waals surface area contributed by atoms with Crippen molar-refractivity contribution in [1.29, 1.82) is 0 Å². The van der Waals surface area contributed by atoms with Crippen molar-refractivity contribution >= 4 is 16.5 Å². The summed E-state index contributed by atoms with van der Waals surface area (Å²) in [4.78, 5) is 0. The van der Waals surface area contributed by atoms with Crippen LogP contribution in [-0.2, 0) is 6.42 Å². The monoisotopic (exact) mass is 231 g/mol. The Morgan fingerprint density at radius 2 is 2.06 bits per heavy atom. The molecule has 0 heterocycles. The summed E-state index contributed by atoms with van der Waals surface area (Å²) in [5, 5.41) is 11.1. The summed E-state index contributed by atoms with van der Waals surface area (Å²) in [6.45, 7) is 0. The maximum Gasteiger partial charge on any atom is 0.127 e. The van der Waals surface area contributed by atoms with Gasteiger partial charge in [0, 0.05) is 17.1 Å². The number of phenols is 1. The number of hydrogen-bond acceptors (Lipinski definition) is 2. The maximum atomic E-state index is 13.9. The molecule has 0 aliphatic heterocycles. The van der Waals surface area contributed by atoms with E-state index in [1.54, 1.807) is 12.1 Å². The molecule has 0 unspecified atom stereocenters. The van der Waals surface area contributed by atoms with Crippen molar-refractivity contribution in [3.8, 4) is 5.75 Å². The van der Waals surface area contributed by atoms with E-state index in [0.29, 0.717) is 17.2 Å². The Labute approximate surface area is 98.9 Å². The first-order valence-corrected chi connectivity index (χ1v) is 5.84. The fraction of sp³-hybridized carbons (Fsp3) is 0.286. The number of fused-ring (bicyclic) bond motifs is 1. The molecule has 0 bridgehead atoms. The smallest absolute Gasteiger partial charge is 0.127 e. The summed E-state index contributed by atoms with van der Waals surface area (Å²) in [7, 11) is 0. The van der Waals surface area contributed by atoms with Gasteiger partial charge >= 0.3 is 0 Å². The lowest BCUT2D eigenvalue weighted by Gasteiger charge is -2.10. The summed E-state index contributed by atoms with van der Waals surface area (Å²) in [6.07, 6.45) is 3.10. The van der Waals surface area contributed by atoms with Gasteiger partial charge in [-0.05, 0) is 48.3 Å². The topological polar surface area (TPSA) is 46.2 Å². The number of anilines is 1. The zero-order chi connectivity index (χ0) is 12.0. The van der Waals surface area contributed by atoms with Crippen LogP contribution in [0.3, 0.4) is 0 Å². The molecule has 3 rings (SSSR count). The molecular weight excluding hydrogens is 217 g/mol. The zero-order valence-corrected chi connectivity index (χ0v) is 9.41. The molecule has 0 spiro atoms. The highest BCUT2D eigenvalue weighted by atomic mass is 19.1. The summed E-state index contributed by atoms with van der Waals surface area (Å²) < 4.78 is 13.9. The minimum Gasteiger partial charge on any atom is -0.508 e. The Balaban J connectivity index is 2.25. The molecule has 17 heavy (non-hydrogen) atoms. The van der Waals surface area contributed by atoms with Crippen LogP contribution in [0.15, 0.2) is 24.3 Å². The lowest BCUT2D eigenvalue weighted by Crippen LogP contribution is -1.98. The van der Waals surface area contributed by atoms with Gasteiger partial charge in [0.15, 0.2) is 0 Å². The van der Waals surface area contributed by atoms with Crippen LogP contribution in [-0.4, -0.2) is 5.11 Å². The van der Waals surface area contributed by atoms with Crippen LogP contribution in [0.5, 0.6) is 5.75 Å². The van der Waals surface area contributed by atoms with Crippen LogP contribution in [0.4, 0.5) is 10.1 Å². The van der Waals surface area contributed by atoms with Gasteiger partial charge in [-0.1, -0.05) is 6.07 Å². The third-order valence-corrected chi connectivity index (χ3v) is 3.37. The predicted octanol–water partition coefficient (Wildman–Crippen LogP) is 3.22. The van der Waals surface area contributed by atoms with Gasteiger partial charge in [-0.2, -0.15) is 0 Å². The highest BCUT2D eigenvalue weighted by molar-refractivity contribution is 5.97. The van der Waals surface area contributed by atoms with E-state index in [9.17, 15) is 9.50 Å². The summed E-state index contributed by atoms with van der Waals surface area (Å²) in [6, 6.07) is 6.23. The molecule has 0 amide bonds. The number of benzene rings is 2. The van der Waals surface area contributed by atoms with E-state index in [1.807, 2.05) is 0 Å². The van der Waals surface area contributed by atoms with Crippen LogP contribution >= 0.6 is 0 Å². The lowest BCUT2D eigenvalue weighted by atomic mass is 9.98. The second kappa shape index (κ2) is 3.62. The molecule has 0 radical (unpaired) electrons. The minimum atomic E-state index is -0.193. The van der Waals surface area contributed by atoms with E-state index >= 15 is 0 Å². The van der Waals surface area contributed by atoms with Gasteiger partial charge in [0.2, 0.25) is 0 Å².